The summed E-state index contributed by atoms with van der Waals surface area (Å²) in [7, 11) is 0. The molecule has 1 aliphatic heterocycles. The molecule has 0 atom stereocenters. The van der Waals surface area contributed by atoms with Gasteiger partial charge in [-0.25, -0.2) is 0 Å². The Bertz CT molecular complexity index is 637. The lowest BCUT2D eigenvalue weighted by molar-refractivity contribution is -0.115. The van der Waals surface area contributed by atoms with Gasteiger partial charge < -0.3 is 15.1 Å². The predicted octanol–water partition coefficient (Wildman–Crippen LogP) is 1.86. The van der Waals surface area contributed by atoms with Crippen LogP contribution in [0.15, 0.2) is 30.3 Å². The molecule has 122 valence electrons. The average molecular weight is 331 g/mol. The summed E-state index contributed by atoms with van der Waals surface area (Å²) in [5.41, 5.74) is 0.991. The second kappa shape index (κ2) is 7.52. The molecule has 1 aromatic heterocycles. The highest BCUT2D eigenvalue weighted by molar-refractivity contribution is 7.19. The van der Waals surface area contributed by atoms with E-state index in [1.165, 1.54) is 11.3 Å². The maximum Gasteiger partial charge on any atom is 0.230 e. The van der Waals surface area contributed by atoms with Crippen LogP contribution in [-0.2, 0) is 11.2 Å². The van der Waals surface area contributed by atoms with Crippen LogP contribution in [-0.4, -0.2) is 53.7 Å². The zero-order valence-electron chi connectivity index (χ0n) is 13.2. The summed E-state index contributed by atoms with van der Waals surface area (Å²) < 4.78 is 0. The van der Waals surface area contributed by atoms with E-state index in [1.54, 1.807) is 0 Å². The van der Waals surface area contributed by atoms with Crippen molar-refractivity contribution in [2.45, 2.75) is 13.3 Å². The molecule has 7 heteroatoms. The molecule has 1 saturated heterocycles. The fourth-order valence-corrected chi connectivity index (χ4v) is 3.41. The van der Waals surface area contributed by atoms with Gasteiger partial charge in [-0.3, -0.25) is 4.79 Å². The molecule has 6 nitrogen and oxygen atoms in total. The lowest BCUT2D eigenvalue weighted by Gasteiger charge is -2.33. The van der Waals surface area contributed by atoms with E-state index in [4.69, 9.17) is 0 Å². The van der Waals surface area contributed by atoms with Gasteiger partial charge in [-0.05, 0) is 12.1 Å². The van der Waals surface area contributed by atoms with E-state index < -0.39 is 0 Å². The van der Waals surface area contributed by atoms with E-state index in [0.717, 1.165) is 43.4 Å². The van der Waals surface area contributed by atoms with Crippen molar-refractivity contribution in [2.75, 3.05) is 42.9 Å². The number of likely N-dealkylation sites (N-methyl/N-ethyl adjacent to an activating group) is 1. The van der Waals surface area contributed by atoms with Crippen LogP contribution < -0.4 is 10.2 Å². The molecule has 1 N–H and O–H groups in total. The number of amides is 1. The molecule has 0 aliphatic carbocycles. The molecule has 1 amide bonds. The van der Waals surface area contributed by atoms with Crippen LogP contribution in [0.5, 0.6) is 0 Å². The summed E-state index contributed by atoms with van der Waals surface area (Å²) in [5, 5.41) is 12.6. The van der Waals surface area contributed by atoms with Crippen LogP contribution in [0.3, 0.4) is 0 Å². The van der Waals surface area contributed by atoms with Crippen LogP contribution in [0, 0.1) is 0 Å². The quantitative estimate of drug-likeness (QED) is 0.906. The standard InChI is InChI=1S/C16H21N5OS/c1-2-20-8-10-21(11-9-20)16-19-18-15(23-16)17-14(22)12-13-6-4-3-5-7-13/h3-7H,2,8-12H2,1H3,(H,17,18,22). The minimum atomic E-state index is -0.0605. The van der Waals surface area contributed by atoms with Gasteiger partial charge in [0.25, 0.3) is 0 Å². The first-order valence-electron chi connectivity index (χ1n) is 7.89. The Morgan fingerprint density at radius 2 is 1.91 bits per heavy atom. The fraction of sp³-hybridized carbons (Fsp3) is 0.438. The number of piperazine rings is 1. The molecule has 1 aromatic carbocycles. The smallest absolute Gasteiger partial charge is 0.230 e. The Labute approximate surface area is 140 Å². The number of carbonyl (C=O) groups is 1. The summed E-state index contributed by atoms with van der Waals surface area (Å²) in [6.45, 7) is 7.28. The monoisotopic (exact) mass is 331 g/mol. The maximum atomic E-state index is 12.1. The average Bonchev–Trinajstić information content (AvgIpc) is 3.04. The van der Waals surface area contributed by atoms with Gasteiger partial charge in [0.05, 0.1) is 6.42 Å². The summed E-state index contributed by atoms with van der Waals surface area (Å²) in [4.78, 5) is 16.7. The summed E-state index contributed by atoms with van der Waals surface area (Å²) in [6, 6.07) is 9.69. The van der Waals surface area contributed by atoms with Gasteiger partial charge in [-0.1, -0.05) is 48.6 Å². The summed E-state index contributed by atoms with van der Waals surface area (Å²) in [5.74, 6) is -0.0605. The first-order chi connectivity index (χ1) is 11.2. The lowest BCUT2D eigenvalue weighted by atomic mass is 10.1. The molecule has 0 spiro atoms. The lowest BCUT2D eigenvalue weighted by Crippen LogP contribution is -2.46. The molecule has 3 rings (SSSR count). The summed E-state index contributed by atoms with van der Waals surface area (Å²) >= 11 is 1.44. The highest BCUT2D eigenvalue weighted by atomic mass is 32.1. The number of rotatable bonds is 5. The maximum absolute atomic E-state index is 12.1. The highest BCUT2D eigenvalue weighted by Crippen LogP contribution is 2.25. The van der Waals surface area contributed by atoms with Crippen molar-refractivity contribution >= 4 is 27.5 Å². The predicted molar refractivity (Wildman–Crippen MR) is 93.0 cm³/mol. The third-order valence-electron chi connectivity index (χ3n) is 3.96. The zero-order valence-corrected chi connectivity index (χ0v) is 14.1. The number of anilines is 2. The van der Waals surface area contributed by atoms with Crippen LogP contribution in [0.25, 0.3) is 0 Å². The number of benzene rings is 1. The van der Waals surface area contributed by atoms with Gasteiger partial charge in [-0.15, -0.1) is 10.2 Å². The Balaban J connectivity index is 1.54. The minimum Gasteiger partial charge on any atom is -0.344 e. The third-order valence-corrected chi connectivity index (χ3v) is 4.86. The number of carbonyl (C=O) groups excluding carboxylic acids is 1. The molecule has 1 fully saturated rings. The van der Waals surface area contributed by atoms with Crippen molar-refractivity contribution in [1.29, 1.82) is 0 Å². The van der Waals surface area contributed by atoms with Crippen LogP contribution in [0.2, 0.25) is 0 Å². The molecule has 0 bridgehead atoms. The van der Waals surface area contributed by atoms with E-state index in [1.807, 2.05) is 30.3 Å². The van der Waals surface area contributed by atoms with E-state index in [-0.39, 0.29) is 5.91 Å². The van der Waals surface area contributed by atoms with Gasteiger partial charge in [0.2, 0.25) is 16.2 Å². The number of nitrogens with zero attached hydrogens (tertiary/aromatic N) is 4. The van der Waals surface area contributed by atoms with Gasteiger partial charge >= 0.3 is 0 Å². The largest absolute Gasteiger partial charge is 0.344 e. The van der Waals surface area contributed by atoms with Gasteiger partial charge in [0.15, 0.2) is 0 Å². The second-order valence-corrected chi connectivity index (χ2v) is 6.48. The van der Waals surface area contributed by atoms with Gasteiger partial charge in [0.1, 0.15) is 0 Å². The third kappa shape index (κ3) is 4.27. The number of nitrogens with one attached hydrogen (secondary N) is 1. The van der Waals surface area contributed by atoms with Crippen molar-refractivity contribution in [3.05, 3.63) is 35.9 Å². The van der Waals surface area contributed by atoms with E-state index >= 15 is 0 Å². The van der Waals surface area contributed by atoms with E-state index in [9.17, 15) is 4.79 Å². The minimum absolute atomic E-state index is 0.0605. The number of hydrogen-bond acceptors (Lipinski definition) is 6. The Morgan fingerprint density at radius 1 is 1.17 bits per heavy atom. The Hall–Kier alpha value is -1.99. The van der Waals surface area contributed by atoms with Gasteiger partial charge in [0, 0.05) is 26.2 Å². The zero-order chi connectivity index (χ0) is 16.1. The SMILES string of the molecule is CCN1CCN(c2nnc(NC(=O)Cc3ccccc3)s2)CC1. The molecule has 0 saturated carbocycles. The van der Waals surface area contributed by atoms with Crippen molar-refractivity contribution in [3.8, 4) is 0 Å². The van der Waals surface area contributed by atoms with Crippen molar-refractivity contribution in [1.82, 2.24) is 15.1 Å². The molecule has 1 aliphatic rings. The topological polar surface area (TPSA) is 61.4 Å². The molecular formula is C16H21N5OS. The van der Waals surface area contributed by atoms with Gasteiger partial charge in [-0.2, -0.15) is 0 Å². The van der Waals surface area contributed by atoms with Crippen LogP contribution in [0.4, 0.5) is 10.3 Å². The molecule has 2 heterocycles. The Morgan fingerprint density at radius 3 is 2.61 bits per heavy atom. The molecular weight excluding hydrogens is 310 g/mol. The van der Waals surface area contributed by atoms with Crippen LogP contribution >= 0.6 is 11.3 Å². The fourth-order valence-electron chi connectivity index (χ4n) is 2.59. The van der Waals surface area contributed by atoms with E-state index in [2.05, 4.69) is 32.2 Å². The van der Waals surface area contributed by atoms with E-state index in [0.29, 0.717) is 11.6 Å². The summed E-state index contributed by atoms with van der Waals surface area (Å²) in [6.07, 6.45) is 0.352. The first kappa shape index (κ1) is 15.9. The number of hydrogen-bond donors (Lipinski definition) is 1. The van der Waals surface area contributed by atoms with Crippen molar-refractivity contribution in [2.24, 2.45) is 0 Å². The van der Waals surface area contributed by atoms with Crippen molar-refractivity contribution < 1.29 is 4.79 Å². The normalized spacial score (nSPS) is 15.6. The molecule has 0 unspecified atom stereocenters. The molecule has 2 aromatic rings. The number of aromatic nitrogens is 2. The van der Waals surface area contributed by atoms with Crippen molar-refractivity contribution in [3.63, 3.8) is 0 Å². The highest BCUT2D eigenvalue weighted by Gasteiger charge is 2.19. The first-order valence-corrected chi connectivity index (χ1v) is 8.71. The Kier molecular flexibility index (Phi) is 5.19. The molecule has 0 radical (unpaired) electrons. The van der Waals surface area contributed by atoms with Crippen LogP contribution in [0.1, 0.15) is 12.5 Å². The second-order valence-electron chi connectivity index (χ2n) is 5.52. The molecule has 23 heavy (non-hydrogen) atoms.